The molecule has 0 aliphatic carbocycles. The molecule has 3 nitrogen and oxygen atoms in total. The Morgan fingerprint density at radius 3 is 2.80 bits per heavy atom. The van der Waals surface area contributed by atoms with Crippen molar-refractivity contribution in [2.24, 2.45) is 5.92 Å². The van der Waals surface area contributed by atoms with Gasteiger partial charge in [-0.05, 0) is 52.4 Å². The van der Waals surface area contributed by atoms with Crippen LogP contribution in [0.25, 0.3) is 0 Å². The lowest BCUT2D eigenvalue weighted by molar-refractivity contribution is 0.253. The summed E-state index contributed by atoms with van der Waals surface area (Å²) in [5.41, 5.74) is 0. The Hall–Kier alpha value is -0.120. The van der Waals surface area contributed by atoms with Crippen molar-refractivity contribution in [2.75, 3.05) is 46.8 Å². The minimum absolute atomic E-state index is 0.758. The zero-order chi connectivity index (χ0) is 10.7. The third-order valence-electron chi connectivity index (χ3n) is 3.75. The molecule has 0 saturated carbocycles. The molecule has 2 aliphatic heterocycles. The van der Waals surface area contributed by atoms with Crippen LogP contribution in [-0.2, 0) is 0 Å². The van der Waals surface area contributed by atoms with E-state index in [1.165, 1.54) is 52.0 Å². The maximum atomic E-state index is 3.57. The van der Waals surface area contributed by atoms with Gasteiger partial charge in [-0.15, -0.1) is 0 Å². The van der Waals surface area contributed by atoms with Crippen molar-refractivity contribution < 1.29 is 0 Å². The number of likely N-dealkylation sites (tertiary alicyclic amines) is 1. The number of hydrogen-bond donors (Lipinski definition) is 1. The molecule has 1 N–H and O–H groups in total. The average Bonchev–Trinajstić information content (AvgIpc) is 2.77. The molecule has 2 aliphatic rings. The van der Waals surface area contributed by atoms with Crippen LogP contribution in [0.3, 0.4) is 0 Å². The van der Waals surface area contributed by atoms with Crippen molar-refractivity contribution >= 4 is 0 Å². The van der Waals surface area contributed by atoms with E-state index >= 15 is 0 Å². The summed E-state index contributed by atoms with van der Waals surface area (Å²) in [4.78, 5) is 4.97. The lowest BCUT2D eigenvalue weighted by atomic mass is 10.1. The molecule has 0 aromatic carbocycles. The van der Waals surface area contributed by atoms with E-state index in [1.54, 1.807) is 0 Å². The van der Waals surface area contributed by atoms with Crippen molar-refractivity contribution in [2.45, 2.75) is 25.3 Å². The molecule has 2 saturated heterocycles. The Morgan fingerprint density at radius 2 is 2.20 bits per heavy atom. The maximum absolute atomic E-state index is 3.57. The summed E-state index contributed by atoms with van der Waals surface area (Å²) >= 11 is 0. The van der Waals surface area contributed by atoms with E-state index in [4.69, 9.17) is 0 Å². The SMILES string of the molecule is CN1CCC(CN(C)C[C@H]2CCCN2)C1. The maximum Gasteiger partial charge on any atom is 0.0195 e. The standard InChI is InChI=1S/C12H25N3/c1-14-7-5-11(8-14)9-15(2)10-12-4-3-6-13-12/h11-13H,3-10H2,1-2H3/t11?,12-/m1/s1. The summed E-state index contributed by atoms with van der Waals surface area (Å²) in [6.07, 6.45) is 4.12. The van der Waals surface area contributed by atoms with Gasteiger partial charge < -0.3 is 15.1 Å². The second kappa shape index (κ2) is 5.28. The molecule has 0 aromatic heterocycles. The summed E-state index contributed by atoms with van der Waals surface area (Å²) in [6.45, 7) is 6.33. The monoisotopic (exact) mass is 211 g/mol. The fraction of sp³-hybridized carbons (Fsp3) is 1.00. The number of rotatable bonds is 4. The number of nitrogens with zero attached hydrogens (tertiary/aromatic N) is 2. The molecule has 88 valence electrons. The van der Waals surface area contributed by atoms with E-state index in [0.717, 1.165) is 12.0 Å². The largest absolute Gasteiger partial charge is 0.313 e. The van der Waals surface area contributed by atoms with Crippen LogP contribution in [-0.4, -0.2) is 62.7 Å². The van der Waals surface area contributed by atoms with Gasteiger partial charge in [0.25, 0.3) is 0 Å². The molecule has 0 amide bonds. The first kappa shape index (κ1) is 11.4. The molecule has 2 fully saturated rings. The van der Waals surface area contributed by atoms with Crippen LogP contribution < -0.4 is 5.32 Å². The topological polar surface area (TPSA) is 18.5 Å². The van der Waals surface area contributed by atoms with Gasteiger partial charge in [0.1, 0.15) is 0 Å². The molecule has 2 rings (SSSR count). The number of nitrogens with one attached hydrogen (secondary N) is 1. The molecule has 2 atom stereocenters. The van der Waals surface area contributed by atoms with E-state index in [2.05, 4.69) is 29.2 Å². The molecule has 1 unspecified atom stereocenters. The molecule has 3 heteroatoms. The summed E-state index contributed by atoms with van der Waals surface area (Å²) in [5, 5.41) is 3.57. The lowest BCUT2D eigenvalue weighted by Gasteiger charge is -2.24. The van der Waals surface area contributed by atoms with Crippen LogP contribution in [0.15, 0.2) is 0 Å². The first-order chi connectivity index (χ1) is 7.24. The highest BCUT2D eigenvalue weighted by Crippen LogP contribution is 2.15. The second-order valence-electron chi connectivity index (χ2n) is 5.43. The van der Waals surface area contributed by atoms with Crippen molar-refractivity contribution in [3.63, 3.8) is 0 Å². The van der Waals surface area contributed by atoms with Crippen molar-refractivity contribution in [3.05, 3.63) is 0 Å². The predicted octanol–water partition coefficient (Wildman–Crippen LogP) is 0.622. The van der Waals surface area contributed by atoms with Crippen LogP contribution in [0, 0.1) is 5.92 Å². The Kier molecular flexibility index (Phi) is 4.00. The fourth-order valence-electron chi connectivity index (χ4n) is 2.98. The van der Waals surface area contributed by atoms with Crippen molar-refractivity contribution in [1.29, 1.82) is 0 Å². The lowest BCUT2D eigenvalue weighted by Crippen LogP contribution is -2.38. The van der Waals surface area contributed by atoms with Crippen LogP contribution in [0.5, 0.6) is 0 Å². The highest BCUT2D eigenvalue weighted by atomic mass is 15.2. The molecule has 15 heavy (non-hydrogen) atoms. The first-order valence-electron chi connectivity index (χ1n) is 6.34. The summed E-state index contributed by atoms with van der Waals surface area (Å²) in [5.74, 6) is 0.904. The Bertz CT molecular complexity index is 189. The van der Waals surface area contributed by atoms with Gasteiger partial charge in [-0.25, -0.2) is 0 Å². The van der Waals surface area contributed by atoms with Gasteiger partial charge in [0.15, 0.2) is 0 Å². The third kappa shape index (κ3) is 3.44. The zero-order valence-corrected chi connectivity index (χ0v) is 10.2. The van der Waals surface area contributed by atoms with Crippen LogP contribution in [0.2, 0.25) is 0 Å². The highest BCUT2D eigenvalue weighted by Gasteiger charge is 2.22. The Labute approximate surface area is 93.8 Å². The first-order valence-corrected chi connectivity index (χ1v) is 6.34. The smallest absolute Gasteiger partial charge is 0.0195 e. The third-order valence-corrected chi connectivity index (χ3v) is 3.75. The predicted molar refractivity (Wildman–Crippen MR) is 64.1 cm³/mol. The normalized spacial score (nSPS) is 33.0. The zero-order valence-electron chi connectivity index (χ0n) is 10.2. The Balaban J connectivity index is 1.65. The van der Waals surface area contributed by atoms with Gasteiger partial charge in [-0.2, -0.15) is 0 Å². The Morgan fingerprint density at radius 1 is 1.33 bits per heavy atom. The van der Waals surface area contributed by atoms with Crippen molar-refractivity contribution in [1.82, 2.24) is 15.1 Å². The van der Waals surface area contributed by atoms with E-state index in [1.807, 2.05) is 0 Å². The van der Waals surface area contributed by atoms with E-state index in [-0.39, 0.29) is 0 Å². The number of likely N-dealkylation sites (N-methyl/N-ethyl adjacent to an activating group) is 1. The molecule has 2 heterocycles. The molecular formula is C12H25N3. The van der Waals surface area contributed by atoms with Gasteiger partial charge in [0.05, 0.1) is 0 Å². The van der Waals surface area contributed by atoms with E-state index < -0.39 is 0 Å². The molecule has 0 radical (unpaired) electrons. The van der Waals surface area contributed by atoms with Crippen LogP contribution in [0.4, 0.5) is 0 Å². The minimum atomic E-state index is 0.758. The summed E-state index contributed by atoms with van der Waals surface area (Å²) in [6, 6.07) is 0.758. The van der Waals surface area contributed by atoms with E-state index in [9.17, 15) is 0 Å². The molecule has 0 spiro atoms. The molecule has 0 bridgehead atoms. The average molecular weight is 211 g/mol. The van der Waals surface area contributed by atoms with Crippen LogP contribution in [0.1, 0.15) is 19.3 Å². The van der Waals surface area contributed by atoms with Gasteiger partial charge >= 0.3 is 0 Å². The summed E-state index contributed by atoms with van der Waals surface area (Å²) in [7, 11) is 4.51. The van der Waals surface area contributed by atoms with E-state index in [0.29, 0.717) is 0 Å². The molecule has 0 aromatic rings. The van der Waals surface area contributed by atoms with Gasteiger partial charge in [0, 0.05) is 25.7 Å². The fourth-order valence-corrected chi connectivity index (χ4v) is 2.98. The van der Waals surface area contributed by atoms with Gasteiger partial charge in [0.2, 0.25) is 0 Å². The number of hydrogen-bond acceptors (Lipinski definition) is 3. The van der Waals surface area contributed by atoms with Crippen LogP contribution >= 0.6 is 0 Å². The van der Waals surface area contributed by atoms with Crippen molar-refractivity contribution in [3.8, 4) is 0 Å². The minimum Gasteiger partial charge on any atom is -0.313 e. The van der Waals surface area contributed by atoms with Gasteiger partial charge in [-0.3, -0.25) is 0 Å². The molecular weight excluding hydrogens is 186 g/mol. The highest BCUT2D eigenvalue weighted by molar-refractivity contribution is 4.80. The second-order valence-corrected chi connectivity index (χ2v) is 5.43. The quantitative estimate of drug-likeness (QED) is 0.735. The van der Waals surface area contributed by atoms with Gasteiger partial charge in [-0.1, -0.05) is 0 Å². The summed E-state index contributed by atoms with van der Waals surface area (Å²) < 4.78 is 0.